The fourth-order valence-corrected chi connectivity index (χ4v) is 5.82. The second-order valence-electron chi connectivity index (χ2n) is 13.1. The molecule has 2 amide bonds. The van der Waals surface area contributed by atoms with Crippen LogP contribution in [0.25, 0.3) is 6.08 Å². The van der Waals surface area contributed by atoms with Crippen LogP contribution >= 0.6 is 0 Å². The summed E-state index contributed by atoms with van der Waals surface area (Å²) < 4.78 is 28.7. The number of aliphatic carboxylic acids is 5. The van der Waals surface area contributed by atoms with Gasteiger partial charge in [0.2, 0.25) is 11.8 Å². The van der Waals surface area contributed by atoms with E-state index in [9.17, 15) is 57.5 Å². The Labute approximate surface area is 327 Å². The first-order chi connectivity index (χ1) is 26.8. The lowest BCUT2D eigenvalue weighted by molar-refractivity contribution is -0.143. The molecule has 0 saturated heterocycles. The number of carboxylic acid groups (broad SMARTS) is 5. The molecule has 0 unspecified atom stereocenters. The van der Waals surface area contributed by atoms with E-state index < -0.39 is 88.3 Å². The molecule has 2 rings (SSSR count). The quantitative estimate of drug-likeness (QED) is 0.0371. The van der Waals surface area contributed by atoms with Gasteiger partial charge >= 0.3 is 37.2 Å². The summed E-state index contributed by atoms with van der Waals surface area (Å²) in [6, 6.07) is 3.04. The number of amides is 2. The van der Waals surface area contributed by atoms with E-state index in [-0.39, 0.29) is 76.6 Å². The summed E-state index contributed by atoms with van der Waals surface area (Å²) in [5, 5.41) is 51.4. The topological polar surface area (TPSA) is 275 Å². The molecule has 1 aromatic rings. The standard InChI is InChI=1S/C34H49BF2N8O12/c1-23-15-24(2)40-27(23)16-26-4-3-25(45(26)35(36)37)5-6-28(46)38-7-8-39-29(47)17-43(20-32(52)53)13-11-41(18-30(48)49)9-10-42(19-31(50)51)12-14-44(21-33(54)55)22-34(56)57/h3-4,15-16H,5-14,17-22H2,1-2H3,(H,38,46)(H,39,47)(H,48,49)(H,50,51)(H,52,53)(H,54,55)(H,56,57)/b27-16-. The third-order valence-electron chi connectivity index (χ3n) is 8.38. The van der Waals surface area contributed by atoms with E-state index in [1.54, 1.807) is 13.0 Å². The first-order valence-corrected chi connectivity index (χ1v) is 17.8. The van der Waals surface area contributed by atoms with Crippen LogP contribution in [0.4, 0.5) is 8.63 Å². The number of aliphatic imine (C=N–C) groups is 1. The number of hydrogen-bond acceptors (Lipinski definition) is 12. The Balaban J connectivity index is 1.89. The Hall–Kier alpha value is -5.52. The van der Waals surface area contributed by atoms with Gasteiger partial charge in [-0.25, -0.2) is 0 Å². The van der Waals surface area contributed by atoms with E-state index in [4.69, 9.17) is 10.2 Å². The van der Waals surface area contributed by atoms with Crippen molar-refractivity contribution in [3.63, 3.8) is 0 Å². The summed E-state index contributed by atoms with van der Waals surface area (Å²) >= 11 is 0. The number of nitrogens with one attached hydrogen (secondary N) is 2. The fraction of sp³-hybridized carbons (Fsp3) is 0.529. The Morgan fingerprint density at radius 3 is 1.51 bits per heavy atom. The second-order valence-corrected chi connectivity index (χ2v) is 13.1. The van der Waals surface area contributed by atoms with E-state index in [1.165, 1.54) is 26.8 Å². The molecule has 0 aliphatic carbocycles. The zero-order valence-corrected chi connectivity index (χ0v) is 31.7. The van der Waals surface area contributed by atoms with Crippen molar-refractivity contribution in [3.8, 4) is 0 Å². The predicted octanol–water partition coefficient (Wildman–Crippen LogP) is -1.18. The molecule has 20 nitrogen and oxygen atoms in total. The number of hydrogen-bond donors (Lipinski definition) is 7. The molecule has 1 aliphatic rings. The monoisotopic (exact) mass is 810 g/mol. The number of carboxylic acids is 5. The molecule has 23 heteroatoms. The number of carbonyl (C=O) groups excluding carboxylic acids is 2. The molecule has 0 saturated carbocycles. The van der Waals surface area contributed by atoms with Gasteiger partial charge in [0.15, 0.2) is 0 Å². The Morgan fingerprint density at radius 2 is 1.09 bits per heavy atom. The van der Waals surface area contributed by atoms with Crippen LogP contribution in [0, 0.1) is 0 Å². The van der Waals surface area contributed by atoms with Gasteiger partial charge in [0.25, 0.3) is 0 Å². The third-order valence-corrected chi connectivity index (χ3v) is 8.38. The van der Waals surface area contributed by atoms with Gasteiger partial charge in [0.05, 0.1) is 45.0 Å². The molecule has 314 valence electrons. The van der Waals surface area contributed by atoms with Crippen molar-refractivity contribution in [2.75, 3.05) is 91.6 Å². The molecule has 1 aromatic heterocycles. The van der Waals surface area contributed by atoms with E-state index in [0.717, 1.165) is 20.7 Å². The van der Waals surface area contributed by atoms with Gasteiger partial charge < -0.3 is 40.6 Å². The van der Waals surface area contributed by atoms with Crippen molar-refractivity contribution in [2.24, 2.45) is 4.99 Å². The highest BCUT2D eigenvalue weighted by atomic mass is 19.2. The minimum atomic E-state index is -2.85. The SMILES string of the molecule is CC1=CC(C)=N/C1=C\c1ccc(CCC(=O)NCCNC(=O)CN(CCN(CCN(CCN(CC(=O)O)CC(=O)O)CC(=O)O)CC(=O)O)CC(=O)O)n1B(F)F. The number of carbonyl (C=O) groups is 7. The molecule has 57 heavy (non-hydrogen) atoms. The normalized spacial score (nSPS) is 13.3. The van der Waals surface area contributed by atoms with E-state index >= 15 is 0 Å². The fourth-order valence-electron chi connectivity index (χ4n) is 5.82. The van der Waals surface area contributed by atoms with Gasteiger partial charge in [-0.15, -0.1) is 0 Å². The van der Waals surface area contributed by atoms with Crippen LogP contribution in [-0.2, 0) is 40.0 Å². The number of aromatic nitrogens is 1. The molecule has 1 aliphatic heterocycles. The molecular formula is C34H49BF2N8O12. The molecular weight excluding hydrogens is 761 g/mol. The molecule has 0 atom stereocenters. The van der Waals surface area contributed by atoms with Crippen LogP contribution in [0.3, 0.4) is 0 Å². The summed E-state index contributed by atoms with van der Waals surface area (Å²) in [5.74, 6) is -7.35. The van der Waals surface area contributed by atoms with Crippen molar-refractivity contribution >= 4 is 60.9 Å². The lowest BCUT2D eigenvalue weighted by Crippen LogP contribution is -2.47. The molecule has 2 heterocycles. The summed E-state index contributed by atoms with van der Waals surface area (Å²) in [4.78, 5) is 91.3. The van der Waals surface area contributed by atoms with E-state index in [2.05, 4.69) is 15.6 Å². The second kappa shape index (κ2) is 24.2. The average Bonchev–Trinajstić information content (AvgIpc) is 3.64. The van der Waals surface area contributed by atoms with Crippen LogP contribution in [0.5, 0.6) is 0 Å². The number of halogens is 2. The maximum Gasteiger partial charge on any atom is 0.677 e. The molecule has 0 bridgehead atoms. The summed E-state index contributed by atoms with van der Waals surface area (Å²) in [7, 11) is -2.85. The maximum atomic E-state index is 14.0. The van der Waals surface area contributed by atoms with Gasteiger partial charge in [0, 0.05) is 75.9 Å². The summed E-state index contributed by atoms with van der Waals surface area (Å²) in [6.07, 6.45) is 3.30. The lowest BCUT2D eigenvalue weighted by atomic mass is 10.1. The number of nitrogens with zero attached hydrogens (tertiary/aromatic N) is 6. The molecule has 7 N–H and O–H groups in total. The summed E-state index contributed by atoms with van der Waals surface area (Å²) in [5.41, 5.74) is 2.66. The van der Waals surface area contributed by atoms with Crippen molar-refractivity contribution in [1.29, 1.82) is 0 Å². The number of allylic oxidation sites excluding steroid dienone is 2. The molecule has 0 spiro atoms. The van der Waals surface area contributed by atoms with Gasteiger partial charge in [-0.05, 0) is 50.1 Å². The average molecular weight is 811 g/mol. The largest absolute Gasteiger partial charge is 0.677 e. The molecule has 0 aromatic carbocycles. The highest BCUT2D eigenvalue weighted by Gasteiger charge is 2.24. The predicted molar refractivity (Wildman–Crippen MR) is 201 cm³/mol. The third kappa shape index (κ3) is 19.3. The number of rotatable bonds is 29. The minimum absolute atomic E-state index is 0.0106. The van der Waals surface area contributed by atoms with Crippen LogP contribution in [0.1, 0.15) is 31.7 Å². The number of aryl methyl sites for hydroxylation is 1. The first-order valence-electron chi connectivity index (χ1n) is 17.8. The Kier molecular flexibility index (Phi) is 20.2. The van der Waals surface area contributed by atoms with Crippen LogP contribution < -0.4 is 10.6 Å². The van der Waals surface area contributed by atoms with Gasteiger partial charge in [-0.2, -0.15) is 0 Å². The zero-order chi connectivity index (χ0) is 42.7. The van der Waals surface area contributed by atoms with Crippen molar-refractivity contribution < 1.29 is 67.7 Å². The Bertz CT molecular complexity index is 1690. The van der Waals surface area contributed by atoms with E-state index in [1.807, 2.05) is 13.0 Å². The van der Waals surface area contributed by atoms with Gasteiger partial charge in [-0.3, -0.25) is 66.8 Å². The minimum Gasteiger partial charge on any atom is -0.480 e. The smallest absolute Gasteiger partial charge is 0.480 e. The van der Waals surface area contributed by atoms with Gasteiger partial charge in [0.1, 0.15) is 0 Å². The van der Waals surface area contributed by atoms with Crippen LogP contribution in [-0.4, -0.2) is 196 Å². The zero-order valence-electron chi connectivity index (χ0n) is 31.7. The lowest BCUT2D eigenvalue weighted by Gasteiger charge is -2.29. The highest BCUT2D eigenvalue weighted by Crippen LogP contribution is 2.23. The summed E-state index contributed by atoms with van der Waals surface area (Å²) in [6.45, 7) is 0.00680. The van der Waals surface area contributed by atoms with Gasteiger partial charge in [-0.1, -0.05) is 0 Å². The van der Waals surface area contributed by atoms with Crippen LogP contribution in [0.2, 0.25) is 0 Å². The first kappa shape index (κ1) is 47.6. The molecule has 0 radical (unpaired) electrons. The molecule has 0 fully saturated rings. The van der Waals surface area contributed by atoms with Crippen LogP contribution in [0.15, 0.2) is 34.5 Å². The maximum absolute atomic E-state index is 14.0. The van der Waals surface area contributed by atoms with E-state index in [0.29, 0.717) is 5.70 Å². The Morgan fingerprint density at radius 1 is 0.667 bits per heavy atom. The van der Waals surface area contributed by atoms with Crippen molar-refractivity contribution in [2.45, 2.75) is 26.7 Å². The van der Waals surface area contributed by atoms with Crippen molar-refractivity contribution in [1.82, 2.24) is 34.7 Å². The van der Waals surface area contributed by atoms with Crippen molar-refractivity contribution in [3.05, 3.63) is 40.9 Å². The highest BCUT2D eigenvalue weighted by molar-refractivity contribution is 6.41.